The standard InChI is InChI=1S/C23H24ClFN6O/c1-2-22(32)30-13-16-12-17(24)6-7-18(16)31-21(14-30)27-28-23(31)15-8-10-29(11-9-15)20-5-3-4-19(25)26-20/h3-7,12,15H,2,8-11,13-14H2,1H3. The van der Waals surface area contributed by atoms with Crippen molar-refractivity contribution in [3.63, 3.8) is 0 Å². The molecule has 2 aliphatic heterocycles. The first kappa shape index (κ1) is 20.9. The fourth-order valence-electron chi connectivity index (χ4n) is 4.63. The number of anilines is 1. The summed E-state index contributed by atoms with van der Waals surface area (Å²) in [6.45, 7) is 4.30. The Labute approximate surface area is 190 Å². The second-order valence-electron chi connectivity index (χ2n) is 8.27. The minimum Gasteiger partial charge on any atom is -0.356 e. The van der Waals surface area contributed by atoms with Gasteiger partial charge in [-0.15, -0.1) is 10.2 Å². The zero-order valence-electron chi connectivity index (χ0n) is 17.8. The summed E-state index contributed by atoms with van der Waals surface area (Å²) in [6, 6.07) is 10.7. The molecule has 1 fully saturated rings. The summed E-state index contributed by atoms with van der Waals surface area (Å²) in [5.74, 6) is 2.15. The zero-order valence-corrected chi connectivity index (χ0v) is 18.6. The molecule has 32 heavy (non-hydrogen) atoms. The van der Waals surface area contributed by atoms with Gasteiger partial charge in [-0.3, -0.25) is 9.36 Å². The van der Waals surface area contributed by atoms with Gasteiger partial charge in [-0.25, -0.2) is 4.98 Å². The van der Waals surface area contributed by atoms with Gasteiger partial charge in [-0.05, 0) is 48.7 Å². The van der Waals surface area contributed by atoms with Crippen LogP contribution in [-0.2, 0) is 17.9 Å². The van der Waals surface area contributed by atoms with E-state index >= 15 is 0 Å². The molecular weight excluding hydrogens is 431 g/mol. The van der Waals surface area contributed by atoms with Crippen LogP contribution in [0.5, 0.6) is 0 Å². The number of aromatic nitrogens is 4. The Kier molecular flexibility index (Phi) is 5.55. The molecule has 1 saturated heterocycles. The fraction of sp³-hybridized carbons (Fsp3) is 0.391. The van der Waals surface area contributed by atoms with Crippen molar-refractivity contribution in [3.8, 4) is 5.69 Å². The van der Waals surface area contributed by atoms with Gasteiger partial charge in [0.1, 0.15) is 11.6 Å². The van der Waals surface area contributed by atoms with E-state index in [4.69, 9.17) is 11.6 Å². The first-order valence-electron chi connectivity index (χ1n) is 10.9. The molecule has 166 valence electrons. The van der Waals surface area contributed by atoms with Crippen LogP contribution in [-0.4, -0.2) is 43.6 Å². The summed E-state index contributed by atoms with van der Waals surface area (Å²) >= 11 is 6.28. The van der Waals surface area contributed by atoms with Crippen LogP contribution >= 0.6 is 11.6 Å². The molecule has 0 N–H and O–H groups in total. The van der Waals surface area contributed by atoms with Gasteiger partial charge in [-0.2, -0.15) is 4.39 Å². The van der Waals surface area contributed by atoms with Crippen LogP contribution < -0.4 is 4.90 Å². The SMILES string of the molecule is CCC(=O)N1Cc2cc(Cl)ccc2-n2c(nnc2C2CCN(c3cccc(F)n3)CC2)C1. The maximum Gasteiger partial charge on any atom is 0.222 e. The van der Waals surface area contributed by atoms with Crippen LogP contribution in [0.3, 0.4) is 0 Å². The maximum absolute atomic E-state index is 13.5. The Morgan fingerprint density at radius 1 is 1.16 bits per heavy atom. The quantitative estimate of drug-likeness (QED) is 0.557. The van der Waals surface area contributed by atoms with Crippen LogP contribution in [0.2, 0.25) is 5.02 Å². The van der Waals surface area contributed by atoms with Gasteiger partial charge < -0.3 is 9.80 Å². The van der Waals surface area contributed by atoms with Gasteiger partial charge in [0.25, 0.3) is 0 Å². The highest BCUT2D eigenvalue weighted by Crippen LogP contribution is 2.34. The first-order valence-corrected chi connectivity index (χ1v) is 11.3. The van der Waals surface area contributed by atoms with Crippen molar-refractivity contribution >= 4 is 23.3 Å². The van der Waals surface area contributed by atoms with Gasteiger partial charge in [-0.1, -0.05) is 24.6 Å². The summed E-state index contributed by atoms with van der Waals surface area (Å²) in [6.07, 6.45) is 2.15. The predicted octanol–water partition coefficient (Wildman–Crippen LogP) is 4.09. The molecular formula is C23H24ClFN6O. The number of nitrogens with zero attached hydrogens (tertiary/aromatic N) is 6. The lowest BCUT2D eigenvalue weighted by Gasteiger charge is -2.32. The van der Waals surface area contributed by atoms with Crippen molar-refractivity contribution in [2.45, 2.75) is 45.2 Å². The number of fused-ring (bicyclic) bond motifs is 3. The highest BCUT2D eigenvalue weighted by Gasteiger charge is 2.31. The summed E-state index contributed by atoms with van der Waals surface area (Å²) in [4.78, 5) is 20.5. The van der Waals surface area contributed by atoms with E-state index in [2.05, 4.69) is 24.6 Å². The van der Waals surface area contributed by atoms with E-state index in [1.807, 2.05) is 36.1 Å². The number of benzene rings is 1. The van der Waals surface area contributed by atoms with Crippen molar-refractivity contribution in [1.82, 2.24) is 24.6 Å². The van der Waals surface area contributed by atoms with E-state index < -0.39 is 5.95 Å². The molecule has 0 saturated carbocycles. The van der Waals surface area contributed by atoms with Crippen LogP contribution in [0.15, 0.2) is 36.4 Å². The molecule has 1 amide bonds. The summed E-state index contributed by atoms with van der Waals surface area (Å²) in [5, 5.41) is 9.68. The van der Waals surface area contributed by atoms with E-state index in [0.717, 1.165) is 48.8 Å². The smallest absolute Gasteiger partial charge is 0.222 e. The lowest BCUT2D eigenvalue weighted by molar-refractivity contribution is -0.132. The van der Waals surface area contributed by atoms with Crippen LogP contribution in [0.4, 0.5) is 10.2 Å². The minimum atomic E-state index is -0.464. The van der Waals surface area contributed by atoms with Crippen molar-refractivity contribution in [3.05, 3.63) is 64.6 Å². The lowest BCUT2D eigenvalue weighted by atomic mass is 9.95. The normalized spacial score (nSPS) is 16.5. The second kappa shape index (κ2) is 8.50. The molecule has 2 aliphatic rings. The molecule has 3 aromatic rings. The third kappa shape index (κ3) is 3.83. The van der Waals surface area contributed by atoms with E-state index in [1.54, 1.807) is 6.07 Å². The molecule has 7 nitrogen and oxygen atoms in total. The molecule has 5 rings (SSSR count). The summed E-state index contributed by atoms with van der Waals surface area (Å²) in [7, 11) is 0. The molecule has 1 aromatic carbocycles. The first-order chi connectivity index (χ1) is 15.5. The minimum absolute atomic E-state index is 0.0739. The van der Waals surface area contributed by atoms with Crippen LogP contribution in [0.25, 0.3) is 5.69 Å². The Bertz CT molecular complexity index is 1160. The highest BCUT2D eigenvalue weighted by atomic mass is 35.5. The Hall–Kier alpha value is -3.00. The largest absolute Gasteiger partial charge is 0.356 e. The molecule has 0 bridgehead atoms. The molecule has 0 atom stereocenters. The van der Waals surface area contributed by atoms with Crippen LogP contribution in [0.1, 0.15) is 49.3 Å². The van der Waals surface area contributed by atoms with E-state index in [9.17, 15) is 9.18 Å². The van der Waals surface area contributed by atoms with Gasteiger partial charge in [0.15, 0.2) is 5.82 Å². The van der Waals surface area contributed by atoms with Crippen molar-refractivity contribution in [2.24, 2.45) is 0 Å². The van der Waals surface area contributed by atoms with Crippen molar-refractivity contribution in [1.29, 1.82) is 0 Å². The zero-order chi connectivity index (χ0) is 22.2. The molecule has 2 aromatic heterocycles. The number of piperidine rings is 1. The predicted molar refractivity (Wildman–Crippen MR) is 119 cm³/mol. The Balaban J connectivity index is 1.45. The number of rotatable bonds is 3. The van der Waals surface area contributed by atoms with Gasteiger partial charge in [0.05, 0.1) is 12.2 Å². The van der Waals surface area contributed by atoms with Gasteiger partial charge in [0, 0.05) is 37.0 Å². The van der Waals surface area contributed by atoms with Crippen molar-refractivity contribution in [2.75, 3.05) is 18.0 Å². The van der Waals surface area contributed by atoms with Gasteiger partial charge >= 0.3 is 0 Å². The second-order valence-corrected chi connectivity index (χ2v) is 8.70. The average Bonchev–Trinajstić information content (AvgIpc) is 3.14. The monoisotopic (exact) mass is 454 g/mol. The molecule has 0 aliphatic carbocycles. The number of hydrogen-bond donors (Lipinski definition) is 0. The van der Waals surface area contributed by atoms with E-state index in [0.29, 0.717) is 30.4 Å². The topological polar surface area (TPSA) is 67.2 Å². The van der Waals surface area contributed by atoms with E-state index in [-0.39, 0.29) is 11.8 Å². The molecule has 9 heteroatoms. The molecule has 4 heterocycles. The summed E-state index contributed by atoms with van der Waals surface area (Å²) in [5.41, 5.74) is 1.96. The Morgan fingerprint density at radius 2 is 1.97 bits per heavy atom. The number of pyridine rings is 1. The molecule has 0 spiro atoms. The summed E-state index contributed by atoms with van der Waals surface area (Å²) < 4.78 is 15.6. The number of carbonyl (C=O) groups is 1. The average molecular weight is 455 g/mol. The van der Waals surface area contributed by atoms with Gasteiger partial charge in [0.2, 0.25) is 11.9 Å². The van der Waals surface area contributed by atoms with Crippen molar-refractivity contribution < 1.29 is 9.18 Å². The number of halogens is 2. The molecule has 0 unspecified atom stereocenters. The number of amides is 1. The Morgan fingerprint density at radius 3 is 2.72 bits per heavy atom. The maximum atomic E-state index is 13.5. The molecule has 0 radical (unpaired) electrons. The van der Waals surface area contributed by atoms with Crippen LogP contribution in [0, 0.1) is 5.95 Å². The highest BCUT2D eigenvalue weighted by molar-refractivity contribution is 6.30. The van der Waals surface area contributed by atoms with E-state index in [1.165, 1.54) is 6.07 Å². The fourth-order valence-corrected chi connectivity index (χ4v) is 4.83. The third-order valence-electron chi connectivity index (χ3n) is 6.27. The number of carbonyl (C=O) groups excluding carboxylic acids is 1. The third-order valence-corrected chi connectivity index (χ3v) is 6.51. The lowest BCUT2D eigenvalue weighted by Crippen LogP contribution is -2.34. The number of hydrogen-bond acceptors (Lipinski definition) is 5.